The number of carbonyl (C=O) groups is 1. The molecule has 1 atom stereocenters. The molecule has 0 aromatic carbocycles. The second-order valence-electron chi connectivity index (χ2n) is 5.67. The Balaban J connectivity index is 1.52. The van der Waals surface area contributed by atoms with E-state index in [1.54, 1.807) is 6.20 Å². The van der Waals surface area contributed by atoms with Crippen LogP contribution < -0.4 is 10.6 Å². The first-order chi connectivity index (χ1) is 9.75. The molecule has 0 aliphatic heterocycles. The zero-order valence-electron chi connectivity index (χ0n) is 12.3. The maximum Gasteiger partial charge on any atom is 0.237 e. The van der Waals surface area contributed by atoms with E-state index in [0.717, 1.165) is 38.8 Å². The Kier molecular flexibility index (Phi) is 6.05. The minimum absolute atomic E-state index is 0.0937. The summed E-state index contributed by atoms with van der Waals surface area (Å²) in [4.78, 5) is 16.0. The average molecular weight is 278 g/mol. The molecule has 112 valence electrons. The van der Waals surface area contributed by atoms with Crippen LogP contribution in [0.1, 0.15) is 45.4 Å². The molecule has 0 radical (unpaired) electrons. The first-order valence-electron chi connectivity index (χ1n) is 7.75. The summed E-state index contributed by atoms with van der Waals surface area (Å²) in [5.74, 6) is 0.145. The van der Waals surface area contributed by atoms with Crippen molar-refractivity contribution in [1.82, 2.24) is 20.2 Å². The lowest BCUT2D eigenvalue weighted by Crippen LogP contribution is -2.45. The second kappa shape index (κ2) is 8.04. The van der Waals surface area contributed by atoms with E-state index >= 15 is 0 Å². The number of aryl methyl sites for hydroxylation is 1. The van der Waals surface area contributed by atoms with Gasteiger partial charge in [0.15, 0.2) is 0 Å². The van der Waals surface area contributed by atoms with Crippen LogP contribution in [0.3, 0.4) is 0 Å². The molecular formula is C15H26N4O. The quantitative estimate of drug-likeness (QED) is 0.712. The standard InChI is InChI=1S/C15H26N4O/c1-13(15(20)18-14-6-2-3-7-14)17-8-4-5-10-19-11-9-16-12-19/h9,11-14,17H,2-8,10H2,1H3,(H,18,20). The fourth-order valence-corrected chi connectivity index (χ4v) is 2.65. The van der Waals surface area contributed by atoms with Gasteiger partial charge in [0.2, 0.25) is 5.91 Å². The maximum atomic E-state index is 12.0. The highest BCUT2D eigenvalue weighted by molar-refractivity contribution is 5.81. The maximum absolute atomic E-state index is 12.0. The van der Waals surface area contributed by atoms with Gasteiger partial charge < -0.3 is 15.2 Å². The summed E-state index contributed by atoms with van der Waals surface area (Å²) in [6.07, 6.45) is 12.6. The number of aromatic nitrogens is 2. The minimum atomic E-state index is -0.0937. The van der Waals surface area contributed by atoms with Gasteiger partial charge in [0.1, 0.15) is 0 Å². The molecule has 1 unspecified atom stereocenters. The van der Waals surface area contributed by atoms with Crippen LogP contribution in [0.2, 0.25) is 0 Å². The molecule has 1 aliphatic carbocycles. The Hall–Kier alpha value is -1.36. The second-order valence-corrected chi connectivity index (χ2v) is 5.67. The number of rotatable bonds is 8. The van der Waals surface area contributed by atoms with Crippen molar-refractivity contribution in [3.05, 3.63) is 18.7 Å². The molecule has 1 fully saturated rings. The van der Waals surface area contributed by atoms with Gasteiger partial charge in [-0.05, 0) is 39.2 Å². The van der Waals surface area contributed by atoms with E-state index in [2.05, 4.69) is 20.2 Å². The monoisotopic (exact) mass is 278 g/mol. The van der Waals surface area contributed by atoms with Gasteiger partial charge in [-0.15, -0.1) is 0 Å². The number of imidazole rings is 1. The molecule has 5 nitrogen and oxygen atoms in total. The largest absolute Gasteiger partial charge is 0.352 e. The van der Waals surface area contributed by atoms with E-state index in [-0.39, 0.29) is 11.9 Å². The third-order valence-corrected chi connectivity index (χ3v) is 3.95. The van der Waals surface area contributed by atoms with E-state index in [1.165, 1.54) is 12.8 Å². The molecular weight excluding hydrogens is 252 g/mol. The van der Waals surface area contributed by atoms with Crippen molar-refractivity contribution in [2.24, 2.45) is 0 Å². The fourth-order valence-electron chi connectivity index (χ4n) is 2.65. The molecule has 0 saturated heterocycles. The molecule has 0 bridgehead atoms. The summed E-state index contributed by atoms with van der Waals surface area (Å²) in [6, 6.07) is 0.317. The van der Waals surface area contributed by atoms with E-state index in [4.69, 9.17) is 0 Å². The van der Waals surface area contributed by atoms with E-state index in [0.29, 0.717) is 6.04 Å². The molecule has 0 spiro atoms. The van der Waals surface area contributed by atoms with Gasteiger partial charge >= 0.3 is 0 Å². The zero-order valence-corrected chi connectivity index (χ0v) is 12.3. The molecule has 20 heavy (non-hydrogen) atoms. The van der Waals surface area contributed by atoms with Crippen molar-refractivity contribution in [3.8, 4) is 0 Å². The Bertz CT molecular complexity index is 385. The van der Waals surface area contributed by atoms with Crippen molar-refractivity contribution >= 4 is 5.91 Å². The summed E-state index contributed by atoms with van der Waals surface area (Å²) in [7, 11) is 0. The van der Waals surface area contributed by atoms with Gasteiger partial charge in [0.05, 0.1) is 12.4 Å². The van der Waals surface area contributed by atoms with E-state index in [1.807, 2.05) is 19.4 Å². The number of nitrogens with one attached hydrogen (secondary N) is 2. The highest BCUT2D eigenvalue weighted by Crippen LogP contribution is 2.17. The predicted octanol–water partition coefficient (Wildman–Crippen LogP) is 1.70. The van der Waals surface area contributed by atoms with Crippen LogP contribution in [-0.2, 0) is 11.3 Å². The fraction of sp³-hybridized carbons (Fsp3) is 0.733. The zero-order chi connectivity index (χ0) is 14.2. The lowest BCUT2D eigenvalue weighted by molar-refractivity contribution is -0.123. The van der Waals surface area contributed by atoms with Crippen molar-refractivity contribution in [3.63, 3.8) is 0 Å². The molecule has 1 aliphatic rings. The molecule has 2 N–H and O–H groups in total. The Labute approximate surface area is 121 Å². The summed E-state index contributed by atoms with van der Waals surface area (Å²) < 4.78 is 2.08. The highest BCUT2D eigenvalue weighted by Gasteiger charge is 2.19. The van der Waals surface area contributed by atoms with Gasteiger partial charge in [-0.1, -0.05) is 12.8 Å². The summed E-state index contributed by atoms with van der Waals surface area (Å²) in [6.45, 7) is 3.82. The van der Waals surface area contributed by atoms with Gasteiger partial charge in [-0.2, -0.15) is 0 Å². The van der Waals surface area contributed by atoms with Crippen LogP contribution in [0.4, 0.5) is 0 Å². The third-order valence-electron chi connectivity index (χ3n) is 3.95. The van der Waals surface area contributed by atoms with Crippen LogP contribution in [0.15, 0.2) is 18.7 Å². The Morgan fingerprint density at radius 2 is 2.20 bits per heavy atom. The molecule has 5 heteroatoms. The topological polar surface area (TPSA) is 59.0 Å². The summed E-state index contributed by atoms with van der Waals surface area (Å²) in [5, 5.41) is 6.43. The molecule has 2 rings (SSSR count). The molecule has 1 amide bonds. The SMILES string of the molecule is CC(NCCCCn1ccnc1)C(=O)NC1CCCC1. The van der Waals surface area contributed by atoms with Gasteiger partial charge in [0.25, 0.3) is 0 Å². The van der Waals surface area contributed by atoms with Crippen LogP contribution in [0, 0.1) is 0 Å². The average Bonchev–Trinajstić information content (AvgIpc) is 3.11. The van der Waals surface area contributed by atoms with Gasteiger partial charge in [0, 0.05) is 25.0 Å². The molecule has 1 heterocycles. The van der Waals surface area contributed by atoms with E-state index < -0.39 is 0 Å². The smallest absolute Gasteiger partial charge is 0.237 e. The highest BCUT2D eigenvalue weighted by atomic mass is 16.2. The van der Waals surface area contributed by atoms with Crippen molar-refractivity contribution in [2.75, 3.05) is 6.54 Å². The van der Waals surface area contributed by atoms with Crippen LogP contribution in [-0.4, -0.2) is 34.1 Å². The number of amides is 1. The lowest BCUT2D eigenvalue weighted by Gasteiger charge is -2.17. The number of hydrogen-bond acceptors (Lipinski definition) is 3. The first kappa shape index (κ1) is 15.0. The number of unbranched alkanes of at least 4 members (excludes halogenated alkanes) is 1. The van der Waals surface area contributed by atoms with E-state index in [9.17, 15) is 4.79 Å². The number of hydrogen-bond donors (Lipinski definition) is 2. The van der Waals surface area contributed by atoms with Crippen LogP contribution in [0.5, 0.6) is 0 Å². The van der Waals surface area contributed by atoms with Crippen molar-refractivity contribution in [2.45, 2.75) is 64.1 Å². The number of carbonyl (C=O) groups excluding carboxylic acids is 1. The first-order valence-corrected chi connectivity index (χ1v) is 7.75. The Morgan fingerprint density at radius 3 is 2.90 bits per heavy atom. The normalized spacial score (nSPS) is 17.2. The number of nitrogens with zero attached hydrogens (tertiary/aromatic N) is 2. The Morgan fingerprint density at radius 1 is 1.40 bits per heavy atom. The molecule has 1 saturated carbocycles. The summed E-state index contributed by atoms with van der Waals surface area (Å²) >= 11 is 0. The van der Waals surface area contributed by atoms with Crippen molar-refractivity contribution in [1.29, 1.82) is 0 Å². The molecule has 1 aromatic rings. The molecule has 1 aromatic heterocycles. The minimum Gasteiger partial charge on any atom is -0.352 e. The van der Waals surface area contributed by atoms with Gasteiger partial charge in [-0.25, -0.2) is 4.98 Å². The van der Waals surface area contributed by atoms with Crippen molar-refractivity contribution < 1.29 is 4.79 Å². The summed E-state index contributed by atoms with van der Waals surface area (Å²) in [5.41, 5.74) is 0. The lowest BCUT2D eigenvalue weighted by atomic mass is 10.2. The van der Waals surface area contributed by atoms with Crippen LogP contribution >= 0.6 is 0 Å². The van der Waals surface area contributed by atoms with Gasteiger partial charge in [-0.3, -0.25) is 4.79 Å². The predicted molar refractivity (Wildman–Crippen MR) is 79.3 cm³/mol. The van der Waals surface area contributed by atoms with Crippen LogP contribution in [0.25, 0.3) is 0 Å². The third kappa shape index (κ3) is 4.96.